The first kappa shape index (κ1) is 12.5. The van der Waals surface area contributed by atoms with E-state index in [0.29, 0.717) is 15.9 Å². The van der Waals surface area contributed by atoms with E-state index in [-0.39, 0.29) is 5.69 Å². The summed E-state index contributed by atoms with van der Waals surface area (Å²) in [6, 6.07) is 8.45. The molecule has 0 saturated carbocycles. The smallest absolute Gasteiger partial charge is 0.148 e. The molecule has 0 fully saturated rings. The maximum atomic E-state index is 13.7. The van der Waals surface area contributed by atoms with Crippen LogP contribution in [0.25, 0.3) is 0 Å². The fourth-order valence-electron chi connectivity index (χ4n) is 1.53. The Kier molecular flexibility index (Phi) is 3.58. The summed E-state index contributed by atoms with van der Waals surface area (Å²) in [5.41, 5.74) is 1.47. The molecule has 5 heteroatoms. The fourth-order valence-corrected chi connectivity index (χ4v) is 1.97. The van der Waals surface area contributed by atoms with Gasteiger partial charge in [-0.15, -0.1) is 0 Å². The number of nitriles is 1. The van der Waals surface area contributed by atoms with E-state index in [2.05, 4.69) is 32.3 Å². The number of nitrogens with one attached hydrogen (secondary N) is 1. The molecule has 1 N–H and O–H groups in total. The van der Waals surface area contributed by atoms with E-state index >= 15 is 0 Å². The predicted molar refractivity (Wildman–Crippen MR) is 71.1 cm³/mol. The van der Waals surface area contributed by atoms with Gasteiger partial charge in [-0.1, -0.05) is 6.07 Å². The number of benzene rings is 1. The molecule has 0 unspecified atom stereocenters. The van der Waals surface area contributed by atoms with Gasteiger partial charge in [-0.05, 0) is 46.6 Å². The number of aryl methyl sites for hydroxylation is 1. The van der Waals surface area contributed by atoms with Crippen molar-refractivity contribution >= 4 is 27.4 Å². The van der Waals surface area contributed by atoms with Gasteiger partial charge in [0.2, 0.25) is 0 Å². The van der Waals surface area contributed by atoms with Gasteiger partial charge < -0.3 is 5.32 Å². The molecule has 0 aliphatic rings. The number of nitrogens with zero attached hydrogens (tertiary/aromatic N) is 2. The third-order valence-electron chi connectivity index (χ3n) is 2.48. The number of para-hydroxylation sites is 1. The average Bonchev–Trinajstić information content (AvgIpc) is 2.34. The number of pyridine rings is 1. The quantitative estimate of drug-likeness (QED) is 0.915. The molecule has 0 atom stereocenters. The second-order valence-corrected chi connectivity index (χ2v) is 4.54. The van der Waals surface area contributed by atoms with Crippen molar-refractivity contribution in [2.24, 2.45) is 0 Å². The van der Waals surface area contributed by atoms with Crippen molar-refractivity contribution in [3.8, 4) is 6.07 Å². The van der Waals surface area contributed by atoms with Crippen LogP contribution in [-0.2, 0) is 0 Å². The van der Waals surface area contributed by atoms with E-state index in [1.807, 2.05) is 6.92 Å². The average molecular weight is 306 g/mol. The SMILES string of the molecule is Cc1ccnc(Nc2c(F)cccc2Br)c1C#N. The molecule has 3 nitrogen and oxygen atoms in total. The molecular formula is C13H9BrFN3. The normalized spacial score (nSPS) is 9.89. The minimum Gasteiger partial charge on any atom is -0.336 e. The zero-order chi connectivity index (χ0) is 13.1. The Hall–Kier alpha value is -1.93. The first-order valence-electron chi connectivity index (χ1n) is 5.20. The maximum Gasteiger partial charge on any atom is 0.148 e. The lowest BCUT2D eigenvalue weighted by atomic mass is 10.1. The highest BCUT2D eigenvalue weighted by atomic mass is 79.9. The summed E-state index contributed by atoms with van der Waals surface area (Å²) in [5.74, 6) is -0.0557. The second-order valence-electron chi connectivity index (χ2n) is 3.68. The molecule has 2 rings (SSSR count). The van der Waals surface area contributed by atoms with E-state index in [1.165, 1.54) is 6.07 Å². The van der Waals surface area contributed by atoms with Crippen LogP contribution in [0, 0.1) is 24.1 Å². The Balaban J connectivity index is 2.48. The van der Waals surface area contributed by atoms with Crippen LogP contribution < -0.4 is 5.32 Å². The van der Waals surface area contributed by atoms with Crippen LogP contribution in [0.4, 0.5) is 15.9 Å². The second kappa shape index (κ2) is 5.15. The topological polar surface area (TPSA) is 48.7 Å². The maximum absolute atomic E-state index is 13.7. The summed E-state index contributed by atoms with van der Waals surface area (Å²) in [6.45, 7) is 1.81. The van der Waals surface area contributed by atoms with Gasteiger partial charge in [0.15, 0.2) is 0 Å². The lowest BCUT2D eigenvalue weighted by Crippen LogP contribution is -2.01. The van der Waals surface area contributed by atoms with Crippen molar-refractivity contribution in [2.75, 3.05) is 5.32 Å². The Labute approximate surface area is 112 Å². The van der Waals surface area contributed by atoms with Crippen LogP contribution >= 0.6 is 15.9 Å². The monoisotopic (exact) mass is 305 g/mol. The molecule has 0 aliphatic carbocycles. The molecule has 1 aromatic carbocycles. The van der Waals surface area contributed by atoms with Gasteiger partial charge in [-0.25, -0.2) is 9.37 Å². The minimum atomic E-state index is -0.406. The fraction of sp³-hybridized carbons (Fsp3) is 0.0769. The van der Waals surface area contributed by atoms with E-state index in [0.717, 1.165) is 5.56 Å². The van der Waals surface area contributed by atoms with Gasteiger partial charge in [0, 0.05) is 10.7 Å². The van der Waals surface area contributed by atoms with Crippen LogP contribution in [0.2, 0.25) is 0 Å². The number of halogens is 2. The molecule has 0 saturated heterocycles. The van der Waals surface area contributed by atoms with Crippen LogP contribution in [0.15, 0.2) is 34.9 Å². The van der Waals surface area contributed by atoms with E-state index < -0.39 is 5.82 Å². The summed E-state index contributed by atoms with van der Waals surface area (Å²) in [5, 5.41) is 11.9. The Morgan fingerprint density at radius 2 is 2.17 bits per heavy atom. The van der Waals surface area contributed by atoms with Crippen LogP contribution in [0.3, 0.4) is 0 Å². The summed E-state index contributed by atoms with van der Waals surface area (Å²) in [6.07, 6.45) is 1.58. The van der Waals surface area contributed by atoms with Crippen molar-refractivity contribution in [3.63, 3.8) is 0 Å². The highest BCUT2D eigenvalue weighted by Crippen LogP contribution is 2.29. The summed E-state index contributed by atoms with van der Waals surface area (Å²) >= 11 is 3.26. The van der Waals surface area contributed by atoms with Gasteiger partial charge in [-0.2, -0.15) is 5.26 Å². The molecular weight excluding hydrogens is 297 g/mol. The third kappa shape index (κ3) is 2.34. The zero-order valence-corrected chi connectivity index (χ0v) is 11.1. The molecule has 0 spiro atoms. The number of aromatic nitrogens is 1. The van der Waals surface area contributed by atoms with Crippen molar-refractivity contribution in [3.05, 3.63) is 51.9 Å². The third-order valence-corrected chi connectivity index (χ3v) is 3.14. The molecule has 0 aliphatic heterocycles. The molecule has 1 heterocycles. The zero-order valence-electron chi connectivity index (χ0n) is 9.54. The summed E-state index contributed by atoms with van der Waals surface area (Å²) < 4.78 is 14.2. The summed E-state index contributed by atoms with van der Waals surface area (Å²) in [7, 11) is 0. The molecule has 1 aromatic heterocycles. The van der Waals surface area contributed by atoms with Crippen molar-refractivity contribution in [1.82, 2.24) is 4.98 Å². The van der Waals surface area contributed by atoms with Crippen LogP contribution in [-0.4, -0.2) is 4.98 Å². The van der Waals surface area contributed by atoms with E-state index in [4.69, 9.17) is 5.26 Å². The van der Waals surface area contributed by atoms with Gasteiger partial charge in [-0.3, -0.25) is 0 Å². The van der Waals surface area contributed by atoms with Gasteiger partial charge in [0.05, 0.1) is 11.3 Å². The number of hydrogen-bond donors (Lipinski definition) is 1. The lowest BCUT2D eigenvalue weighted by Gasteiger charge is -2.11. The number of hydrogen-bond acceptors (Lipinski definition) is 3. The first-order valence-corrected chi connectivity index (χ1v) is 5.99. The predicted octanol–water partition coefficient (Wildman–Crippen LogP) is 3.91. The Morgan fingerprint density at radius 1 is 1.39 bits per heavy atom. The molecule has 90 valence electrons. The highest BCUT2D eigenvalue weighted by molar-refractivity contribution is 9.10. The summed E-state index contributed by atoms with van der Waals surface area (Å²) in [4.78, 5) is 4.07. The minimum absolute atomic E-state index is 0.270. The highest BCUT2D eigenvalue weighted by Gasteiger charge is 2.11. The lowest BCUT2D eigenvalue weighted by molar-refractivity contribution is 0.631. The molecule has 0 radical (unpaired) electrons. The molecule has 0 amide bonds. The molecule has 2 aromatic rings. The van der Waals surface area contributed by atoms with Crippen LogP contribution in [0.1, 0.15) is 11.1 Å². The van der Waals surface area contributed by atoms with Crippen molar-refractivity contribution < 1.29 is 4.39 Å². The van der Waals surface area contributed by atoms with Gasteiger partial charge in [0.1, 0.15) is 17.7 Å². The van der Waals surface area contributed by atoms with Crippen LogP contribution in [0.5, 0.6) is 0 Å². The van der Waals surface area contributed by atoms with E-state index in [9.17, 15) is 4.39 Å². The van der Waals surface area contributed by atoms with Gasteiger partial charge >= 0.3 is 0 Å². The van der Waals surface area contributed by atoms with Crippen molar-refractivity contribution in [2.45, 2.75) is 6.92 Å². The number of rotatable bonds is 2. The van der Waals surface area contributed by atoms with Crippen molar-refractivity contribution in [1.29, 1.82) is 5.26 Å². The first-order chi connectivity index (χ1) is 8.63. The molecule has 0 bridgehead atoms. The largest absolute Gasteiger partial charge is 0.336 e. The standard InChI is InChI=1S/C13H9BrFN3/c1-8-5-6-17-13(9(8)7-16)18-12-10(14)3-2-4-11(12)15/h2-6H,1H3,(H,17,18). The Morgan fingerprint density at radius 3 is 2.83 bits per heavy atom. The Bertz CT molecular complexity index is 614. The van der Waals surface area contributed by atoms with E-state index in [1.54, 1.807) is 24.4 Å². The molecule has 18 heavy (non-hydrogen) atoms. The van der Waals surface area contributed by atoms with Gasteiger partial charge in [0.25, 0.3) is 0 Å². The number of anilines is 2.